The van der Waals surface area contributed by atoms with Gasteiger partial charge in [0, 0.05) is 26.2 Å². The van der Waals surface area contributed by atoms with Gasteiger partial charge in [-0.25, -0.2) is 4.79 Å². The molecule has 0 aromatic heterocycles. The molecule has 0 unspecified atom stereocenters. The number of hydrogen-bond acceptors (Lipinski definition) is 3. The summed E-state index contributed by atoms with van der Waals surface area (Å²) in [6.07, 6.45) is 8.06. The molecule has 138 valence electrons. The SMILES string of the molecule is CC1(C)OB(C2=CCN(C(=O)N3CCCC4(CC4)C3)CC2)OC1(C)C. The third-order valence-corrected chi connectivity index (χ3v) is 6.96. The van der Waals surface area contributed by atoms with Crippen molar-refractivity contribution in [2.75, 3.05) is 26.2 Å². The number of nitrogens with zero attached hydrogens (tertiary/aromatic N) is 2. The highest BCUT2D eigenvalue weighted by molar-refractivity contribution is 6.54. The van der Waals surface area contributed by atoms with Crippen molar-refractivity contribution < 1.29 is 14.1 Å². The summed E-state index contributed by atoms with van der Waals surface area (Å²) in [7, 11) is -0.271. The number of carbonyl (C=O) groups excluding carboxylic acids is 1. The monoisotopic (exact) mass is 346 g/mol. The van der Waals surface area contributed by atoms with Gasteiger partial charge < -0.3 is 19.1 Å². The number of hydrogen-bond donors (Lipinski definition) is 0. The van der Waals surface area contributed by atoms with E-state index >= 15 is 0 Å². The molecule has 1 aliphatic carbocycles. The van der Waals surface area contributed by atoms with Crippen LogP contribution in [0.2, 0.25) is 0 Å². The van der Waals surface area contributed by atoms with Crippen molar-refractivity contribution in [1.29, 1.82) is 0 Å². The average Bonchev–Trinajstić information content (AvgIpc) is 3.26. The predicted octanol–water partition coefficient (Wildman–Crippen LogP) is 3.25. The van der Waals surface area contributed by atoms with E-state index in [0.717, 1.165) is 32.5 Å². The maximum atomic E-state index is 12.9. The third-order valence-electron chi connectivity index (χ3n) is 6.96. The van der Waals surface area contributed by atoms with Crippen LogP contribution in [-0.2, 0) is 9.31 Å². The largest absolute Gasteiger partial charge is 0.490 e. The number of rotatable bonds is 1. The maximum absolute atomic E-state index is 12.9. The van der Waals surface area contributed by atoms with Gasteiger partial charge in [-0.15, -0.1) is 0 Å². The van der Waals surface area contributed by atoms with Crippen LogP contribution >= 0.6 is 0 Å². The van der Waals surface area contributed by atoms with Gasteiger partial charge in [0.05, 0.1) is 11.2 Å². The van der Waals surface area contributed by atoms with Gasteiger partial charge in [-0.05, 0) is 70.7 Å². The lowest BCUT2D eigenvalue weighted by Gasteiger charge is -2.37. The van der Waals surface area contributed by atoms with E-state index in [0.29, 0.717) is 12.0 Å². The van der Waals surface area contributed by atoms with Crippen molar-refractivity contribution in [1.82, 2.24) is 9.80 Å². The Bertz CT molecular complexity index is 581. The van der Waals surface area contributed by atoms with Gasteiger partial charge in [-0.3, -0.25) is 0 Å². The predicted molar refractivity (Wildman–Crippen MR) is 98.2 cm³/mol. The lowest BCUT2D eigenvalue weighted by atomic mass is 9.75. The minimum Gasteiger partial charge on any atom is -0.400 e. The molecule has 4 rings (SSSR count). The zero-order chi connectivity index (χ0) is 17.9. The Morgan fingerprint density at radius 1 is 1.04 bits per heavy atom. The summed E-state index contributed by atoms with van der Waals surface area (Å²) in [4.78, 5) is 16.9. The first-order valence-corrected chi connectivity index (χ1v) is 9.80. The molecule has 0 radical (unpaired) electrons. The van der Waals surface area contributed by atoms with E-state index in [2.05, 4.69) is 38.7 Å². The molecular weight excluding hydrogens is 315 g/mol. The second kappa shape index (κ2) is 5.75. The van der Waals surface area contributed by atoms with Crippen molar-refractivity contribution in [3.63, 3.8) is 0 Å². The number of piperidine rings is 1. The molecule has 0 aromatic carbocycles. The fourth-order valence-electron chi connectivity index (χ4n) is 4.22. The Hall–Kier alpha value is -1.01. The molecule has 25 heavy (non-hydrogen) atoms. The van der Waals surface area contributed by atoms with Gasteiger partial charge in [0.15, 0.2) is 0 Å². The third kappa shape index (κ3) is 3.12. The Kier molecular flexibility index (Phi) is 4.00. The van der Waals surface area contributed by atoms with Crippen LogP contribution in [0.1, 0.15) is 59.8 Å². The molecule has 5 nitrogen and oxygen atoms in total. The molecule has 3 fully saturated rings. The molecule has 4 aliphatic rings. The lowest BCUT2D eigenvalue weighted by Crippen LogP contribution is -2.49. The van der Waals surface area contributed by atoms with Gasteiger partial charge in [0.1, 0.15) is 0 Å². The molecule has 3 heterocycles. The summed E-state index contributed by atoms with van der Waals surface area (Å²) in [5.41, 5.74) is 1.04. The molecule has 0 N–H and O–H groups in total. The van der Waals surface area contributed by atoms with Crippen LogP contribution in [0.5, 0.6) is 0 Å². The van der Waals surface area contributed by atoms with Crippen LogP contribution in [0, 0.1) is 5.41 Å². The van der Waals surface area contributed by atoms with Gasteiger partial charge >= 0.3 is 13.1 Å². The van der Waals surface area contributed by atoms with Crippen LogP contribution in [0.15, 0.2) is 11.5 Å². The van der Waals surface area contributed by atoms with Crippen molar-refractivity contribution in [3.05, 3.63) is 11.5 Å². The quantitative estimate of drug-likeness (QED) is 0.685. The highest BCUT2D eigenvalue weighted by atomic mass is 16.7. The zero-order valence-corrected chi connectivity index (χ0v) is 16.1. The minimum atomic E-state index is -0.308. The molecule has 0 bridgehead atoms. The van der Waals surface area contributed by atoms with Crippen molar-refractivity contribution in [3.8, 4) is 0 Å². The van der Waals surface area contributed by atoms with E-state index in [9.17, 15) is 4.79 Å². The first-order chi connectivity index (χ1) is 11.7. The van der Waals surface area contributed by atoms with Crippen LogP contribution in [0.4, 0.5) is 4.79 Å². The van der Waals surface area contributed by atoms with E-state index in [1.807, 2.05) is 4.90 Å². The Morgan fingerprint density at radius 3 is 2.28 bits per heavy atom. The molecule has 1 spiro atoms. The van der Waals surface area contributed by atoms with Gasteiger partial charge in [0.2, 0.25) is 0 Å². The molecule has 0 aromatic rings. The molecule has 2 saturated heterocycles. The number of carbonyl (C=O) groups is 1. The molecule has 0 atom stereocenters. The molecule has 1 saturated carbocycles. The first-order valence-electron chi connectivity index (χ1n) is 9.80. The highest BCUT2D eigenvalue weighted by Crippen LogP contribution is 2.52. The fourth-order valence-corrected chi connectivity index (χ4v) is 4.22. The Morgan fingerprint density at radius 2 is 1.72 bits per heavy atom. The van der Waals surface area contributed by atoms with Crippen LogP contribution in [0.25, 0.3) is 0 Å². The summed E-state index contributed by atoms with van der Waals surface area (Å²) in [5.74, 6) is 0. The number of amides is 2. The van der Waals surface area contributed by atoms with Crippen molar-refractivity contribution >= 4 is 13.1 Å². The van der Waals surface area contributed by atoms with Gasteiger partial charge in [-0.1, -0.05) is 6.08 Å². The van der Waals surface area contributed by atoms with E-state index in [1.165, 1.54) is 24.7 Å². The molecule has 2 amide bonds. The van der Waals surface area contributed by atoms with Gasteiger partial charge in [0.25, 0.3) is 0 Å². The molecule has 3 aliphatic heterocycles. The second-order valence-electron chi connectivity index (χ2n) is 9.37. The summed E-state index contributed by atoms with van der Waals surface area (Å²) in [6, 6.07) is 0.218. The topological polar surface area (TPSA) is 42.0 Å². The van der Waals surface area contributed by atoms with Crippen LogP contribution < -0.4 is 0 Å². The normalized spacial score (nSPS) is 29.8. The molecular formula is C19H31BN2O3. The van der Waals surface area contributed by atoms with Crippen molar-refractivity contribution in [2.45, 2.75) is 71.0 Å². The van der Waals surface area contributed by atoms with Crippen LogP contribution in [0.3, 0.4) is 0 Å². The van der Waals surface area contributed by atoms with E-state index in [-0.39, 0.29) is 24.4 Å². The summed E-state index contributed by atoms with van der Waals surface area (Å²) < 4.78 is 12.3. The van der Waals surface area contributed by atoms with E-state index in [4.69, 9.17) is 9.31 Å². The second-order valence-corrected chi connectivity index (χ2v) is 9.37. The van der Waals surface area contributed by atoms with Crippen molar-refractivity contribution in [2.24, 2.45) is 5.41 Å². The standard InChI is InChI=1S/C19H31BN2O3/c1-17(2)18(3,4)25-20(24-17)15-6-12-21(13-7-15)16(23)22-11-5-8-19(14-22)9-10-19/h6H,5,7-14H2,1-4H3. The summed E-state index contributed by atoms with van der Waals surface area (Å²) >= 11 is 0. The number of urea groups is 1. The maximum Gasteiger partial charge on any atom is 0.490 e. The lowest BCUT2D eigenvalue weighted by molar-refractivity contribution is 0.00578. The smallest absolute Gasteiger partial charge is 0.400 e. The van der Waals surface area contributed by atoms with E-state index in [1.54, 1.807) is 0 Å². The first kappa shape index (κ1) is 17.4. The van der Waals surface area contributed by atoms with E-state index < -0.39 is 0 Å². The zero-order valence-electron chi connectivity index (χ0n) is 16.1. The number of likely N-dealkylation sites (tertiary alicyclic amines) is 1. The minimum absolute atomic E-state index is 0.218. The van der Waals surface area contributed by atoms with Gasteiger partial charge in [-0.2, -0.15) is 0 Å². The van der Waals surface area contributed by atoms with Crippen LogP contribution in [-0.4, -0.2) is 60.3 Å². The highest BCUT2D eigenvalue weighted by Gasteiger charge is 2.52. The fraction of sp³-hybridized carbons (Fsp3) is 0.842. The Balaban J connectivity index is 1.37. The Labute approximate surface area is 151 Å². The summed E-state index contributed by atoms with van der Waals surface area (Å²) in [6.45, 7) is 11.6. The molecule has 6 heteroatoms. The summed E-state index contributed by atoms with van der Waals surface area (Å²) in [5, 5.41) is 0. The average molecular weight is 346 g/mol.